The third kappa shape index (κ3) is 1.67. The lowest BCUT2D eigenvalue weighted by atomic mass is 10.1. The maximum absolute atomic E-state index is 3.60. The van der Waals surface area contributed by atoms with Gasteiger partial charge < -0.3 is 0 Å². The van der Waals surface area contributed by atoms with Crippen molar-refractivity contribution >= 4 is 63.4 Å². The molecule has 0 aliphatic heterocycles. The van der Waals surface area contributed by atoms with E-state index in [1.165, 1.54) is 40.2 Å². The molecule has 3 rings (SSSR count). The molecule has 0 radical (unpaired) electrons. The molecule has 0 fully saturated rings. The van der Waals surface area contributed by atoms with Crippen LogP contribution in [0.15, 0.2) is 33.2 Å². The topological polar surface area (TPSA) is 0 Å². The Hall–Kier alpha value is -0.380. The molecule has 3 aromatic rings. The van der Waals surface area contributed by atoms with E-state index in [9.17, 15) is 0 Å². The maximum Gasteiger partial charge on any atom is 0.0395 e. The largest absolute Gasteiger partial charge is 0.135 e. The fourth-order valence-corrected chi connectivity index (χ4v) is 4.35. The summed E-state index contributed by atoms with van der Waals surface area (Å²) in [5.41, 5.74) is 2.67. The van der Waals surface area contributed by atoms with Gasteiger partial charge in [-0.2, -0.15) is 0 Å². The van der Waals surface area contributed by atoms with E-state index in [-0.39, 0.29) is 0 Å². The van der Waals surface area contributed by atoms with Crippen LogP contribution >= 0.6 is 43.2 Å². The van der Waals surface area contributed by atoms with Crippen LogP contribution in [0, 0.1) is 13.8 Å². The highest BCUT2D eigenvalue weighted by Crippen LogP contribution is 2.41. The normalized spacial score (nSPS) is 11.5. The molecule has 2 aromatic carbocycles. The first-order chi connectivity index (χ1) is 8.09. The molecular weight excluding hydrogens is 360 g/mol. The van der Waals surface area contributed by atoms with Crippen LogP contribution in [0.1, 0.15) is 11.1 Å². The predicted octanol–water partition coefficient (Wildman–Crippen LogP) is 6.20. The van der Waals surface area contributed by atoms with Crippen molar-refractivity contribution in [2.45, 2.75) is 13.8 Å². The lowest BCUT2D eigenvalue weighted by molar-refractivity contribution is 1.51. The van der Waals surface area contributed by atoms with Crippen molar-refractivity contribution in [3.8, 4) is 0 Å². The predicted molar refractivity (Wildman–Crippen MR) is 84.2 cm³/mol. The molecule has 17 heavy (non-hydrogen) atoms. The van der Waals surface area contributed by atoms with Crippen LogP contribution in [-0.2, 0) is 0 Å². The summed E-state index contributed by atoms with van der Waals surface area (Å²) in [5.74, 6) is 0. The van der Waals surface area contributed by atoms with E-state index in [4.69, 9.17) is 0 Å². The lowest BCUT2D eigenvalue weighted by Crippen LogP contribution is -1.76. The SMILES string of the molecule is Cc1c(Br)ccc2c1sc1c(C)c(Br)ccc12. The van der Waals surface area contributed by atoms with Crippen molar-refractivity contribution in [2.24, 2.45) is 0 Å². The minimum Gasteiger partial charge on any atom is -0.135 e. The van der Waals surface area contributed by atoms with Crippen LogP contribution in [0.3, 0.4) is 0 Å². The Morgan fingerprint density at radius 2 is 1.18 bits per heavy atom. The standard InChI is InChI=1S/C14H10Br2S/c1-7-11(15)5-3-9-10-4-6-12(16)8(2)14(10)17-13(7)9/h3-6H,1-2H3. The quantitative estimate of drug-likeness (QED) is 0.442. The second-order valence-electron chi connectivity index (χ2n) is 4.20. The molecule has 3 heteroatoms. The minimum absolute atomic E-state index is 1.19. The molecule has 0 aliphatic rings. The zero-order valence-electron chi connectivity index (χ0n) is 9.47. The van der Waals surface area contributed by atoms with Gasteiger partial charge in [-0.1, -0.05) is 44.0 Å². The van der Waals surface area contributed by atoms with Crippen molar-refractivity contribution in [1.82, 2.24) is 0 Å². The van der Waals surface area contributed by atoms with Crippen LogP contribution in [0.2, 0.25) is 0 Å². The fourth-order valence-electron chi connectivity index (χ4n) is 2.12. The number of halogens is 2. The molecule has 0 nitrogen and oxygen atoms in total. The Kier molecular flexibility index (Phi) is 2.80. The lowest BCUT2D eigenvalue weighted by Gasteiger charge is -1.99. The molecule has 0 saturated heterocycles. The van der Waals surface area contributed by atoms with Crippen molar-refractivity contribution in [3.63, 3.8) is 0 Å². The van der Waals surface area contributed by atoms with E-state index < -0.39 is 0 Å². The number of hydrogen-bond acceptors (Lipinski definition) is 1. The number of aryl methyl sites for hydroxylation is 2. The number of hydrogen-bond donors (Lipinski definition) is 0. The van der Waals surface area contributed by atoms with Gasteiger partial charge in [0.15, 0.2) is 0 Å². The molecule has 0 aliphatic carbocycles. The third-order valence-corrected chi connectivity index (χ3v) is 6.35. The highest BCUT2D eigenvalue weighted by Gasteiger charge is 2.11. The summed E-state index contributed by atoms with van der Waals surface area (Å²) >= 11 is 9.09. The summed E-state index contributed by atoms with van der Waals surface area (Å²) in [7, 11) is 0. The van der Waals surface area contributed by atoms with Crippen molar-refractivity contribution in [2.75, 3.05) is 0 Å². The number of rotatable bonds is 0. The monoisotopic (exact) mass is 368 g/mol. The van der Waals surface area contributed by atoms with Gasteiger partial charge in [-0.15, -0.1) is 11.3 Å². The molecule has 0 bridgehead atoms. The average Bonchev–Trinajstić information content (AvgIpc) is 2.69. The van der Waals surface area contributed by atoms with E-state index in [0.717, 1.165) is 0 Å². The Balaban J connectivity index is 2.58. The molecule has 0 saturated carbocycles. The Bertz CT molecular complexity index is 679. The third-order valence-electron chi connectivity index (χ3n) is 3.17. The summed E-state index contributed by atoms with van der Waals surface area (Å²) in [5, 5.41) is 2.72. The summed E-state index contributed by atoms with van der Waals surface area (Å²) in [6.45, 7) is 4.35. The van der Waals surface area contributed by atoms with E-state index in [1.54, 1.807) is 0 Å². The first-order valence-corrected chi connectivity index (χ1v) is 7.76. The van der Waals surface area contributed by atoms with Crippen LogP contribution in [0.25, 0.3) is 20.2 Å². The summed E-state index contributed by atoms with van der Waals surface area (Å²) in [4.78, 5) is 0. The van der Waals surface area contributed by atoms with Gasteiger partial charge in [0.2, 0.25) is 0 Å². The van der Waals surface area contributed by atoms with Crippen LogP contribution in [-0.4, -0.2) is 0 Å². The van der Waals surface area contributed by atoms with Crippen LogP contribution < -0.4 is 0 Å². The molecule has 0 unspecified atom stereocenters. The van der Waals surface area contributed by atoms with Gasteiger partial charge in [0.1, 0.15) is 0 Å². The maximum atomic E-state index is 3.60. The van der Waals surface area contributed by atoms with E-state index in [2.05, 4.69) is 70.0 Å². The Morgan fingerprint density at radius 3 is 1.59 bits per heavy atom. The summed E-state index contributed by atoms with van der Waals surface area (Å²) < 4.78 is 5.15. The van der Waals surface area contributed by atoms with Crippen molar-refractivity contribution in [1.29, 1.82) is 0 Å². The zero-order chi connectivity index (χ0) is 12.2. The smallest absolute Gasteiger partial charge is 0.0395 e. The first kappa shape index (κ1) is 11.7. The van der Waals surface area contributed by atoms with Crippen molar-refractivity contribution in [3.05, 3.63) is 44.3 Å². The highest BCUT2D eigenvalue weighted by molar-refractivity contribution is 9.10. The number of benzene rings is 2. The van der Waals surface area contributed by atoms with E-state index >= 15 is 0 Å². The molecular formula is C14H10Br2S. The Morgan fingerprint density at radius 1 is 0.765 bits per heavy atom. The first-order valence-electron chi connectivity index (χ1n) is 5.36. The molecule has 1 aromatic heterocycles. The number of thiophene rings is 1. The second kappa shape index (κ2) is 4.08. The van der Waals surface area contributed by atoms with E-state index in [0.29, 0.717) is 0 Å². The van der Waals surface area contributed by atoms with Gasteiger partial charge in [-0.25, -0.2) is 0 Å². The minimum atomic E-state index is 1.19. The van der Waals surface area contributed by atoms with E-state index in [1.807, 2.05) is 11.3 Å². The van der Waals surface area contributed by atoms with Crippen LogP contribution in [0.5, 0.6) is 0 Å². The molecule has 0 atom stereocenters. The van der Waals surface area contributed by atoms with Gasteiger partial charge >= 0.3 is 0 Å². The summed E-state index contributed by atoms with van der Waals surface area (Å²) in [6.07, 6.45) is 0. The molecule has 86 valence electrons. The van der Waals surface area contributed by atoms with Crippen LogP contribution in [0.4, 0.5) is 0 Å². The molecule has 0 amide bonds. The number of fused-ring (bicyclic) bond motifs is 3. The van der Waals surface area contributed by atoms with Gasteiger partial charge in [-0.3, -0.25) is 0 Å². The average molecular weight is 370 g/mol. The fraction of sp³-hybridized carbons (Fsp3) is 0.143. The van der Waals surface area contributed by atoms with Gasteiger partial charge in [0.25, 0.3) is 0 Å². The summed E-state index contributed by atoms with van der Waals surface area (Å²) in [6, 6.07) is 8.69. The second-order valence-corrected chi connectivity index (χ2v) is 6.93. The molecule has 0 spiro atoms. The van der Waals surface area contributed by atoms with Gasteiger partial charge in [0.05, 0.1) is 0 Å². The Labute approximate surface area is 121 Å². The molecule has 1 heterocycles. The van der Waals surface area contributed by atoms with Crippen molar-refractivity contribution < 1.29 is 0 Å². The van der Waals surface area contributed by atoms with Gasteiger partial charge in [0, 0.05) is 29.1 Å². The highest BCUT2D eigenvalue weighted by atomic mass is 79.9. The van der Waals surface area contributed by atoms with Gasteiger partial charge in [-0.05, 0) is 37.1 Å². The molecule has 0 N–H and O–H groups in total. The zero-order valence-corrected chi connectivity index (χ0v) is 13.5.